The van der Waals surface area contributed by atoms with Crippen LogP contribution in [0.2, 0.25) is 0 Å². The molecule has 1 fully saturated rings. The minimum atomic E-state index is -0.762. The minimum Gasteiger partial charge on any atom is -0.497 e. The molecule has 150 valence electrons. The summed E-state index contributed by atoms with van der Waals surface area (Å²) >= 11 is 0. The van der Waals surface area contributed by atoms with Crippen LogP contribution in [0.25, 0.3) is 0 Å². The summed E-state index contributed by atoms with van der Waals surface area (Å²) in [6, 6.07) is 11.4. The maximum atomic E-state index is 12.0. The molecule has 5 heteroatoms. The Morgan fingerprint density at radius 2 is 1.86 bits per heavy atom. The van der Waals surface area contributed by atoms with E-state index in [-0.39, 0.29) is 6.04 Å². The van der Waals surface area contributed by atoms with Gasteiger partial charge in [0.25, 0.3) is 0 Å². The normalized spacial score (nSPS) is 18.5. The van der Waals surface area contributed by atoms with Crippen LogP contribution >= 0.6 is 0 Å². The molecule has 3 rings (SSSR count). The van der Waals surface area contributed by atoms with Crippen LogP contribution in [0.5, 0.6) is 11.5 Å². The fraction of sp³-hybridized carbons (Fsp3) is 0.435. The smallest absolute Gasteiger partial charge is 0.320 e. The highest BCUT2D eigenvalue weighted by atomic mass is 16.5. The second-order valence-corrected chi connectivity index (χ2v) is 7.46. The maximum Gasteiger partial charge on any atom is 0.320 e. The van der Waals surface area contributed by atoms with Gasteiger partial charge in [0, 0.05) is 11.6 Å². The molecule has 0 amide bonds. The average molecular weight is 383 g/mol. The summed E-state index contributed by atoms with van der Waals surface area (Å²) in [4.78, 5) is 14.2. The molecule has 0 bridgehead atoms. The second kappa shape index (κ2) is 8.65. The number of carbonyl (C=O) groups is 1. The van der Waals surface area contributed by atoms with Crippen LogP contribution in [-0.4, -0.2) is 42.8 Å². The monoisotopic (exact) mass is 383 g/mol. The van der Waals surface area contributed by atoms with Gasteiger partial charge in [0.15, 0.2) is 0 Å². The van der Waals surface area contributed by atoms with Crippen molar-refractivity contribution in [2.24, 2.45) is 0 Å². The number of hydrogen-bond donors (Lipinski definition) is 1. The maximum absolute atomic E-state index is 12.0. The molecule has 0 aliphatic carbocycles. The zero-order chi connectivity index (χ0) is 20.3. The quantitative estimate of drug-likeness (QED) is 0.804. The van der Waals surface area contributed by atoms with E-state index in [4.69, 9.17) is 9.47 Å². The summed E-state index contributed by atoms with van der Waals surface area (Å²) < 4.78 is 11.0. The van der Waals surface area contributed by atoms with E-state index in [1.165, 1.54) is 0 Å². The summed E-state index contributed by atoms with van der Waals surface area (Å²) in [7, 11) is 3.27. The predicted octanol–water partition coefficient (Wildman–Crippen LogP) is 4.35. The molecule has 0 saturated carbocycles. The van der Waals surface area contributed by atoms with Crippen LogP contribution in [0.1, 0.15) is 47.6 Å². The first-order valence-corrected chi connectivity index (χ1v) is 9.74. The first-order valence-electron chi connectivity index (χ1n) is 9.74. The van der Waals surface area contributed by atoms with E-state index in [9.17, 15) is 9.90 Å². The number of rotatable bonds is 6. The van der Waals surface area contributed by atoms with Gasteiger partial charge in [-0.25, -0.2) is 0 Å². The molecule has 2 atom stereocenters. The van der Waals surface area contributed by atoms with Crippen molar-refractivity contribution < 1.29 is 19.4 Å². The Hall–Kier alpha value is -2.53. The van der Waals surface area contributed by atoms with Crippen molar-refractivity contribution in [3.8, 4) is 11.5 Å². The van der Waals surface area contributed by atoms with Gasteiger partial charge in [-0.15, -0.1) is 0 Å². The summed E-state index contributed by atoms with van der Waals surface area (Å²) in [5.74, 6) is 0.663. The lowest BCUT2D eigenvalue weighted by atomic mass is 9.88. The Morgan fingerprint density at radius 3 is 2.54 bits per heavy atom. The Bertz CT molecular complexity index is 848. The van der Waals surface area contributed by atoms with Crippen molar-refractivity contribution in [2.75, 3.05) is 20.8 Å². The number of aliphatic carboxylic acids is 1. The number of ether oxygens (including phenoxy) is 2. The molecule has 0 spiro atoms. The molecule has 0 aromatic heterocycles. The molecule has 1 aliphatic rings. The first-order chi connectivity index (χ1) is 13.5. The molecule has 1 heterocycles. The van der Waals surface area contributed by atoms with Crippen LogP contribution in [0.3, 0.4) is 0 Å². The van der Waals surface area contributed by atoms with Crippen molar-refractivity contribution in [1.29, 1.82) is 0 Å². The summed E-state index contributed by atoms with van der Waals surface area (Å²) in [5.41, 5.74) is 4.38. The Morgan fingerprint density at radius 1 is 1.07 bits per heavy atom. The van der Waals surface area contributed by atoms with Gasteiger partial charge in [0.2, 0.25) is 0 Å². The summed E-state index contributed by atoms with van der Waals surface area (Å²) in [5, 5.41) is 9.89. The van der Waals surface area contributed by atoms with Crippen molar-refractivity contribution in [3.63, 3.8) is 0 Å². The van der Waals surface area contributed by atoms with Crippen LogP contribution in [0, 0.1) is 13.8 Å². The molecular formula is C23H29NO4. The van der Waals surface area contributed by atoms with Gasteiger partial charge in [0.05, 0.1) is 20.3 Å². The standard InChI is InChI=1S/C23H29NO4/c1-15-8-9-16(2)19(13-15)22(24-12-6-5-7-20(24)23(25)26)18-11-10-17(27-3)14-21(18)28-4/h8-11,13-14,20,22H,5-7,12H2,1-4H3,(H,25,26). The number of hydrogen-bond acceptors (Lipinski definition) is 4. The number of aryl methyl sites for hydroxylation is 2. The zero-order valence-electron chi connectivity index (χ0n) is 17.1. The second-order valence-electron chi connectivity index (χ2n) is 7.46. The van der Waals surface area contributed by atoms with E-state index in [1.807, 2.05) is 18.2 Å². The minimum absolute atomic E-state index is 0.192. The van der Waals surface area contributed by atoms with E-state index < -0.39 is 12.0 Å². The number of carboxylic acids is 1. The highest BCUT2D eigenvalue weighted by molar-refractivity contribution is 5.74. The molecule has 28 heavy (non-hydrogen) atoms. The third-order valence-corrected chi connectivity index (χ3v) is 5.63. The molecule has 2 unspecified atom stereocenters. The fourth-order valence-corrected chi connectivity index (χ4v) is 4.15. The number of benzene rings is 2. The molecule has 1 aliphatic heterocycles. The van der Waals surface area contributed by atoms with Crippen LogP contribution in [-0.2, 0) is 4.79 Å². The van der Waals surface area contributed by atoms with E-state index >= 15 is 0 Å². The first kappa shape index (κ1) is 20.2. The van der Waals surface area contributed by atoms with Gasteiger partial charge in [-0.05, 0) is 56.5 Å². The highest BCUT2D eigenvalue weighted by Gasteiger charge is 2.37. The van der Waals surface area contributed by atoms with Crippen molar-refractivity contribution in [1.82, 2.24) is 4.90 Å². The molecule has 2 aromatic carbocycles. The molecule has 1 saturated heterocycles. The lowest BCUT2D eigenvalue weighted by Gasteiger charge is -2.40. The largest absolute Gasteiger partial charge is 0.497 e. The van der Waals surface area contributed by atoms with Crippen LogP contribution in [0.15, 0.2) is 36.4 Å². The van der Waals surface area contributed by atoms with Crippen molar-refractivity contribution in [3.05, 3.63) is 58.7 Å². The predicted molar refractivity (Wildman–Crippen MR) is 109 cm³/mol. The van der Waals surface area contributed by atoms with E-state index in [2.05, 4.69) is 36.9 Å². The van der Waals surface area contributed by atoms with Gasteiger partial charge < -0.3 is 14.6 Å². The molecule has 0 radical (unpaired) electrons. The fourth-order valence-electron chi connectivity index (χ4n) is 4.15. The van der Waals surface area contributed by atoms with Gasteiger partial charge in [-0.1, -0.05) is 30.2 Å². The van der Waals surface area contributed by atoms with Crippen LogP contribution in [0.4, 0.5) is 0 Å². The van der Waals surface area contributed by atoms with Gasteiger partial charge in [0.1, 0.15) is 17.5 Å². The van der Waals surface area contributed by atoms with Crippen molar-refractivity contribution >= 4 is 5.97 Å². The number of piperidine rings is 1. The topological polar surface area (TPSA) is 59.0 Å². The van der Waals surface area contributed by atoms with E-state index in [0.717, 1.165) is 41.6 Å². The van der Waals surface area contributed by atoms with E-state index in [1.54, 1.807) is 14.2 Å². The number of methoxy groups -OCH3 is 2. The van der Waals surface area contributed by atoms with E-state index in [0.29, 0.717) is 17.9 Å². The highest BCUT2D eigenvalue weighted by Crippen LogP contribution is 2.41. The SMILES string of the molecule is COc1ccc(C(c2cc(C)ccc2C)N2CCCCC2C(=O)O)c(OC)c1. The number of carboxylic acid groups (broad SMARTS) is 1. The summed E-state index contributed by atoms with van der Waals surface area (Å²) in [6.07, 6.45) is 2.59. The molecule has 1 N–H and O–H groups in total. The number of nitrogens with zero attached hydrogens (tertiary/aromatic N) is 1. The Kier molecular flexibility index (Phi) is 6.25. The number of likely N-dealkylation sites (tertiary alicyclic amines) is 1. The summed E-state index contributed by atoms with van der Waals surface area (Å²) in [6.45, 7) is 4.89. The van der Waals surface area contributed by atoms with Crippen LogP contribution < -0.4 is 9.47 Å². The van der Waals surface area contributed by atoms with Gasteiger partial charge >= 0.3 is 5.97 Å². The average Bonchev–Trinajstić information content (AvgIpc) is 2.71. The molecule has 2 aromatic rings. The lowest BCUT2D eigenvalue weighted by molar-refractivity contribution is -0.145. The lowest BCUT2D eigenvalue weighted by Crippen LogP contribution is -2.47. The third-order valence-electron chi connectivity index (χ3n) is 5.63. The molecular weight excluding hydrogens is 354 g/mol. The third kappa shape index (κ3) is 3.99. The van der Waals surface area contributed by atoms with Gasteiger partial charge in [-0.2, -0.15) is 0 Å². The zero-order valence-corrected chi connectivity index (χ0v) is 17.1. The Labute approximate surface area is 166 Å². The Balaban J connectivity index is 2.20. The molecule has 5 nitrogen and oxygen atoms in total. The van der Waals surface area contributed by atoms with Crippen molar-refractivity contribution in [2.45, 2.75) is 45.2 Å². The van der Waals surface area contributed by atoms with Gasteiger partial charge in [-0.3, -0.25) is 9.69 Å².